The number of rotatable bonds is 7. The van der Waals surface area contributed by atoms with Gasteiger partial charge in [-0.15, -0.1) is 0 Å². The van der Waals surface area contributed by atoms with E-state index in [1.807, 2.05) is 19.2 Å². The van der Waals surface area contributed by atoms with Crippen molar-refractivity contribution in [3.05, 3.63) is 34.9 Å². The monoisotopic (exact) mass is 320 g/mol. The van der Waals surface area contributed by atoms with Gasteiger partial charge in [0.15, 0.2) is 0 Å². The summed E-state index contributed by atoms with van der Waals surface area (Å²) in [4.78, 5) is 1.56. The van der Waals surface area contributed by atoms with Crippen LogP contribution >= 0.6 is 11.6 Å². The van der Waals surface area contributed by atoms with Gasteiger partial charge in [-0.3, -0.25) is 4.90 Å². The summed E-state index contributed by atoms with van der Waals surface area (Å²) in [7, 11) is 1.82. The van der Waals surface area contributed by atoms with Crippen LogP contribution in [0.1, 0.15) is 30.9 Å². The molecule has 1 N–H and O–H groups in total. The summed E-state index contributed by atoms with van der Waals surface area (Å²) >= 11 is 5.86. The fourth-order valence-corrected chi connectivity index (χ4v) is 2.65. The fraction of sp³-hybridized carbons (Fsp3) is 0.600. The zero-order valence-electron chi connectivity index (χ0n) is 12.0. The molecular weight excluding hydrogens is 301 g/mol. The van der Waals surface area contributed by atoms with E-state index in [2.05, 4.69) is 5.32 Å². The Labute approximate surface area is 128 Å². The molecule has 0 aliphatic heterocycles. The highest BCUT2D eigenvalue weighted by Crippen LogP contribution is 2.31. The second-order valence-corrected chi connectivity index (χ2v) is 5.93. The summed E-state index contributed by atoms with van der Waals surface area (Å²) in [6.45, 7) is -0.368. The van der Waals surface area contributed by atoms with Crippen LogP contribution in [0.3, 0.4) is 0 Å². The molecule has 0 amide bonds. The van der Waals surface area contributed by atoms with E-state index in [1.54, 1.807) is 17.0 Å². The smallest absolute Gasteiger partial charge is 0.313 e. The standard InChI is InChI=1S/C15H20ClF3N2/c1-20-14(11-2-4-12(16)5-3-11)8-9-21(13-6-7-13)10-15(17,18)19/h2-5,13-14,20H,6-10H2,1H3. The first-order chi connectivity index (χ1) is 9.89. The third kappa shape index (κ3) is 5.49. The summed E-state index contributed by atoms with van der Waals surface area (Å²) in [5, 5.41) is 3.82. The van der Waals surface area contributed by atoms with E-state index in [-0.39, 0.29) is 12.1 Å². The van der Waals surface area contributed by atoms with Gasteiger partial charge >= 0.3 is 6.18 Å². The molecule has 1 aromatic rings. The number of nitrogens with zero attached hydrogens (tertiary/aromatic N) is 1. The lowest BCUT2D eigenvalue weighted by Crippen LogP contribution is -2.37. The van der Waals surface area contributed by atoms with Gasteiger partial charge < -0.3 is 5.32 Å². The van der Waals surface area contributed by atoms with Crippen LogP contribution < -0.4 is 5.32 Å². The topological polar surface area (TPSA) is 15.3 Å². The van der Waals surface area contributed by atoms with Crippen molar-refractivity contribution < 1.29 is 13.2 Å². The molecule has 0 radical (unpaired) electrons. The van der Waals surface area contributed by atoms with Crippen molar-refractivity contribution in [1.29, 1.82) is 0 Å². The first kappa shape index (κ1) is 16.6. The van der Waals surface area contributed by atoms with E-state index in [0.29, 0.717) is 18.0 Å². The Bertz CT molecular complexity index is 443. The first-order valence-electron chi connectivity index (χ1n) is 7.12. The second kappa shape index (κ2) is 6.99. The molecule has 0 bridgehead atoms. The van der Waals surface area contributed by atoms with Crippen LogP contribution in [0, 0.1) is 0 Å². The maximum Gasteiger partial charge on any atom is 0.401 e. The molecule has 1 aliphatic rings. The summed E-state index contributed by atoms with van der Waals surface area (Å²) < 4.78 is 37.8. The van der Waals surface area contributed by atoms with Gasteiger partial charge in [-0.05, 0) is 44.0 Å². The van der Waals surface area contributed by atoms with E-state index < -0.39 is 12.7 Å². The van der Waals surface area contributed by atoms with Crippen molar-refractivity contribution in [3.63, 3.8) is 0 Å². The molecule has 0 spiro atoms. The number of hydrogen-bond donors (Lipinski definition) is 1. The minimum Gasteiger partial charge on any atom is -0.313 e. The number of nitrogens with one attached hydrogen (secondary N) is 1. The van der Waals surface area contributed by atoms with Crippen molar-refractivity contribution in [2.24, 2.45) is 0 Å². The molecule has 6 heteroatoms. The van der Waals surface area contributed by atoms with Crippen LogP contribution in [0.4, 0.5) is 13.2 Å². The second-order valence-electron chi connectivity index (χ2n) is 5.50. The van der Waals surface area contributed by atoms with Crippen LogP contribution in [0.25, 0.3) is 0 Å². The average molecular weight is 321 g/mol. The molecule has 21 heavy (non-hydrogen) atoms. The highest BCUT2D eigenvalue weighted by Gasteiger charge is 2.37. The predicted octanol–water partition coefficient (Wildman–Crippen LogP) is 4.02. The SMILES string of the molecule is CNC(CCN(CC(F)(F)F)C1CC1)c1ccc(Cl)cc1. The Morgan fingerprint density at radius 3 is 2.38 bits per heavy atom. The number of halogens is 4. The maximum absolute atomic E-state index is 12.6. The average Bonchev–Trinajstić information content (AvgIpc) is 3.23. The van der Waals surface area contributed by atoms with Gasteiger partial charge in [0.2, 0.25) is 0 Å². The predicted molar refractivity (Wildman–Crippen MR) is 78.5 cm³/mol. The Morgan fingerprint density at radius 1 is 1.29 bits per heavy atom. The lowest BCUT2D eigenvalue weighted by Gasteiger charge is -2.26. The van der Waals surface area contributed by atoms with Crippen molar-refractivity contribution >= 4 is 11.6 Å². The minimum absolute atomic E-state index is 0.0387. The summed E-state index contributed by atoms with van der Waals surface area (Å²) in [6, 6.07) is 7.57. The summed E-state index contributed by atoms with van der Waals surface area (Å²) in [5.74, 6) is 0. The lowest BCUT2D eigenvalue weighted by molar-refractivity contribution is -0.147. The third-order valence-electron chi connectivity index (χ3n) is 3.77. The van der Waals surface area contributed by atoms with Gasteiger partial charge in [-0.25, -0.2) is 0 Å². The number of hydrogen-bond acceptors (Lipinski definition) is 2. The Kier molecular flexibility index (Phi) is 5.52. The van der Waals surface area contributed by atoms with Gasteiger partial charge in [0.05, 0.1) is 6.54 Å². The van der Waals surface area contributed by atoms with Crippen LogP contribution in [-0.2, 0) is 0 Å². The molecule has 1 unspecified atom stereocenters. The molecule has 1 saturated carbocycles. The normalized spacial score (nSPS) is 17.2. The molecule has 1 fully saturated rings. The zero-order chi connectivity index (χ0) is 15.5. The highest BCUT2D eigenvalue weighted by molar-refractivity contribution is 6.30. The molecule has 0 aromatic heterocycles. The van der Waals surface area contributed by atoms with Gasteiger partial charge in [0.25, 0.3) is 0 Å². The maximum atomic E-state index is 12.6. The Hall–Kier alpha value is -0.780. The number of benzene rings is 1. The minimum atomic E-state index is -4.13. The molecule has 1 atom stereocenters. The zero-order valence-corrected chi connectivity index (χ0v) is 12.7. The largest absolute Gasteiger partial charge is 0.401 e. The molecule has 0 saturated heterocycles. The van der Waals surface area contributed by atoms with Gasteiger partial charge in [-0.2, -0.15) is 13.2 Å². The third-order valence-corrected chi connectivity index (χ3v) is 4.02. The quantitative estimate of drug-likeness (QED) is 0.816. The Balaban J connectivity index is 1.93. The van der Waals surface area contributed by atoms with E-state index in [4.69, 9.17) is 11.6 Å². The summed E-state index contributed by atoms with van der Waals surface area (Å²) in [5.41, 5.74) is 1.05. The molecule has 2 rings (SSSR count). The van der Waals surface area contributed by atoms with Crippen LogP contribution in [-0.4, -0.2) is 37.3 Å². The van der Waals surface area contributed by atoms with Crippen molar-refractivity contribution in [1.82, 2.24) is 10.2 Å². The molecule has 118 valence electrons. The van der Waals surface area contributed by atoms with Crippen molar-refractivity contribution in [2.75, 3.05) is 20.1 Å². The fourth-order valence-electron chi connectivity index (χ4n) is 2.53. The van der Waals surface area contributed by atoms with Crippen LogP contribution in [0.2, 0.25) is 5.02 Å². The Morgan fingerprint density at radius 2 is 1.90 bits per heavy atom. The van der Waals surface area contributed by atoms with E-state index in [1.165, 1.54) is 0 Å². The van der Waals surface area contributed by atoms with Crippen LogP contribution in [0.15, 0.2) is 24.3 Å². The summed E-state index contributed by atoms with van der Waals surface area (Å²) in [6.07, 6.45) is -1.73. The number of alkyl halides is 3. The van der Waals surface area contributed by atoms with Crippen molar-refractivity contribution in [2.45, 2.75) is 37.5 Å². The van der Waals surface area contributed by atoms with Gasteiger partial charge in [0, 0.05) is 23.7 Å². The lowest BCUT2D eigenvalue weighted by atomic mass is 10.0. The molecule has 1 aromatic carbocycles. The molecule has 0 heterocycles. The van der Waals surface area contributed by atoms with Crippen LogP contribution in [0.5, 0.6) is 0 Å². The highest BCUT2D eigenvalue weighted by atomic mass is 35.5. The van der Waals surface area contributed by atoms with E-state index >= 15 is 0 Å². The van der Waals surface area contributed by atoms with Gasteiger partial charge in [0.1, 0.15) is 0 Å². The molecular formula is C15H20ClF3N2. The van der Waals surface area contributed by atoms with E-state index in [0.717, 1.165) is 18.4 Å². The van der Waals surface area contributed by atoms with Crippen molar-refractivity contribution in [3.8, 4) is 0 Å². The molecule has 2 nitrogen and oxygen atoms in total. The first-order valence-corrected chi connectivity index (χ1v) is 7.50. The van der Waals surface area contributed by atoms with E-state index in [9.17, 15) is 13.2 Å². The van der Waals surface area contributed by atoms with Gasteiger partial charge in [-0.1, -0.05) is 23.7 Å². The molecule has 1 aliphatic carbocycles.